The van der Waals surface area contributed by atoms with Crippen LogP contribution in [-0.2, 0) is 9.84 Å². The highest BCUT2D eigenvalue weighted by Gasteiger charge is 2.51. The first kappa shape index (κ1) is 25.4. The van der Waals surface area contributed by atoms with E-state index in [1.165, 1.54) is 55.9 Å². The molecular weight excluding hydrogens is 426 g/mol. The first-order valence-corrected chi connectivity index (χ1v) is 13.7. The Hall–Kier alpha value is -1.23. The van der Waals surface area contributed by atoms with Crippen LogP contribution in [0.3, 0.4) is 0 Å². The van der Waals surface area contributed by atoms with E-state index in [-0.39, 0.29) is 11.8 Å². The lowest BCUT2D eigenvalue weighted by Gasteiger charge is -2.41. The Morgan fingerprint density at radius 1 is 1.12 bits per heavy atom. The Bertz CT molecular complexity index is 931. The summed E-state index contributed by atoms with van der Waals surface area (Å²) in [5.41, 5.74) is 5.36. The van der Waals surface area contributed by atoms with E-state index < -0.39 is 26.3 Å². The average Bonchev–Trinajstić information content (AvgIpc) is 3.03. The zero-order chi connectivity index (χ0) is 23.8. The number of hydrogen-bond donors (Lipinski definition) is 0. The van der Waals surface area contributed by atoms with Gasteiger partial charge in [0, 0.05) is 6.42 Å². The summed E-state index contributed by atoms with van der Waals surface area (Å²) in [6, 6.07) is 0. The van der Waals surface area contributed by atoms with Gasteiger partial charge in [-0.3, -0.25) is 0 Å². The third-order valence-electron chi connectivity index (χ3n) is 7.95. The molecule has 2 fully saturated rings. The summed E-state index contributed by atoms with van der Waals surface area (Å²) in [5.74, 6) is 0.429. The van der Waals surface area contributed by atoms with Crippen molar-refractivity contribution in [1.82, 2.24) is 0 Å². The Labute approximate surface area is 193 Å². The van der Waals surface area contributed by atoms with Gasteiger partial charge in [0.1, 0.15) is 0 Å². The molecule has 0 heterocycles. The van der Waals surface area contributed by atoms with Crippen molar-refractivity contribution in [1.29, 1.82) is 0 Å². The van der Waals surface area contributed by atoms with Gasteiger partial charge in [0.05, 0.1) is 4.75 Å². The van der Waals surface area contributed by atoms with E-state index in [4.69, 9.17) is 0 Å². The molecule has 2 atom stereocenters. The van der Waals surface area contributed by atoms with Crippen molar-refractivity contribution in [3.8, 4) is 0 Å². The monoisotopic (exact) mass is 466 g/mol. The van der Waals surface area contributed by atoms with E-state index in [1.807, 2.05) is 0 Å². The van der Waals surface area contributed by atoms with Crippen molar-refractivity contribution in [3.63, 3.8) is 0 Å². The molecule has 2 saturated carbocycles. The van der Waals surface area contributed by atoms with E-state index in [0.29, 0.717) is 12.3 Å². The van der Waals surface area contributed by atoms with Crippen LogP contribution >= 0.6 is 0 Å². The van der Waals surface area contributed by atoms with Crippen LogP contribution < -0.4 is 0 Å². The molecule has 0 saturated heterocycles. The lowest BCUT2D eigenvalue weighted by atomic mass is 9.63. The molecule has 3 aliphatic carbocycles. The summed E-state index contributed by atoms with van der Waals surface area (Å²) >= 11 is 0. The van der Waals surface area contributed by atoms with Crippen molar-refractivity contribution in [2.75, 3.05) is 0 Å². The second-order valence-corrected chi connectivity index (χ2v) is 14.0. The Balaban J connectivity index is 1.67. The highest BCUT2D eigenvalue weighted by Crippen LogP contribution is 2.56. The predicted octanol–water partition coefficient (Wildman–Crippen LogP) is 8.08. The second-order valence-electron chi connectivity index (χ2n) is 11.1. The molecule has 0 N–H and O–H groups in total. The van der Waals surface area contributed by atoms with Crippen molar-refractivity contribution >= 4 is 9.84 Å². The van der Waals surface area contributed by atoms with Crippen LogP contribution in [0.1, 0.15) is 98.3 Å². The molecule has 3 aliphatic rings. The largest absolute Gasteiger partial charge is 0.346 e. The fourth-order valence-electron chi connectivity index (χ4n) is 5.76. The summed E-state index contributed by atoms with van der Waals surface area (Å²) in [6.07, 6.45) is 15.9. The maximum atomic E-state index is 14.5. The van der Waals surface area contributed by atoms with E-state index >= 15 is 0 Å². The Kier molecular flexibility index (Phi) is 7.30. The summed E-state index contributed by atoms with van der Waals surface area (Å²) in [4.78, 5) is 0. The van der Waals surface area contributed by atoms with Crippen molar-refractivity contribution in [2.45, 2.75) is 108 Å². The predicted molar refractivity (Wildman–Crippen MR) is 129 cm³/mol. The number of halogens is 2. The average molecular weight is 467 g/mol. The quantitative estimate of drug-likeness (QED) is 0.371. The molecule has 0 bridgehead atoms. The van der Waals surface area contributed by atoms with E-state index in [2.05, 4.69) is 31.7 Å². The van der Waals surface area contributed by atoms with Gasteiger partial charge < -0.3 is 0 Å². The second kappa shape index (κ2) is 9.19. The fraction of sp³-hybridized carbons (Fsp3) is 0.704. The third-order valence-corrected chi connectivity index (χ3v) is 10.6. The molecule has 180 valence electrons. The zero-order valence-electron chi connectivity index (χ0n) is 20.3. The Morgan fingerprint density at radius 3 is 2.47 bits per heavy atom. The van der Waals surface area contributed by atoms with Crippen LogP contribution in [0.2, 0.25) is 0 Å². The van der Waals surface area contributed by atoms with Crippen molar-refractivity contribution in [2.24, 2.45) is 11.3 Å². The van der Waals surface area contributed by atoms with Gasteiger partial charge >= 0.3 is 5.25 Å². The first-order chi connectivity index (χ1) is 14.8. The molecule has 32 heavy (non-hydrogen) atoms. The first-order valence-electron chi connectivity index (χ1n) is 12.2. The molecule has 0 aromatic carbocycles. The lowest BCUT2D eigenvalue weighted by molar-refractivity contribution is 0.0765. The number of allylic oxidation sites excluding steroid dienone is 7. The lowest BCUT2D eigenvalue weighted by Crippen LogP contribution is -2.42. The van der Waals surface area contributed by atoms with Gasteiger partial charge in [0.15, 0.2) is 0 Å². The maximum absolute atomic E-state index is 14.5. The number of fused-ring (bicyclic) bond motifs is 1. The standard InChI is InChI=1S/C27H40F2O2S/c1-20-10-6-7-11-21(20)14-15-22-12-8-18-26(5)23(16-17-24(22)26)13-9-19-27(28,29)32(30,31)25(2,3)4/h14-16,24H,1,6-13,17-19H2,2-5H3/b21-14-,22-15+/t24-,26+/m0/s1. The maximum Gasteiger partial charge on any atom is 0.346 e. The minimum Gasteiger partial charge on any atom is -0.222 e. The highest BCUT2D eigenvalue weighted by molar-refractivity contribution is 7.93. The molecule has 5 heteroatoms. The molecule has 0 aromatic rings. The van der Waals surface area contributed by atoms with Crippen molar-refractivity contribution in [3.05, 3.63) is 47.1 Å². The molecule has 0 unspecified atom stereocenters. The number of alkyl halides is 2. The topological polar surface area (TPSA) is 34.1 Å². The number of hydrogen-bond acceptors (Lipinski definition) is 2. The third kappa shape index (κ3) is 4.83. The molecule has 0 aromatic heterocycles. The van der Waals surface area contributed by atoms with Crippen LogP contribution in [0.15, 0.2) is 47.1 Å². The minimum absolute atomic E-state index is 0.00432. The van der Waals surface area contributed by atoms with E-state index in [1.54, 1.807) is 0 Å². The SMILES string of the molecule is C=C1CCCC/C1=C/C=C1\CCC[C@]2(C)C(CCCC(F)(F)S(=O)(=O)C(C)(C)C)=CC[C@@H]12. The van der Waals surface area contributed by atoms with Gasteiger partial charge in [0.2, 0.25) is 9.84 Å². The van der Waals surface area contributed by atoms with Crippen LogP contribution in [0.4, 0.5) is 8.78 Å². The van der Waals surface area contributed by atoms with Crippen LogP contribution in [0.25, 0.3) is 0 Å². The molecule has 0 spiro atoms. The summed E-state index contributed by atoms with van der Waals surface area (Å²) < 4.78 is 52.2. The van der Waals surface area contributed by atoms with Gasteiger partial charge in [0.25, 0.3) is 0 Å². The smallest absolute Gasteiger partial charge is 0.222 e. The highest BCUT2D eigenvalue weighted by atomic mass is 32.2. The van der Waals surface area contributed by atoms with Gasteiger partial charge in [-0.1, -0.05) is 48.5 Å². The summed E-state index contributed by atoms with van der Waals surface area (Å²) in [6.45, 7) is 10.5. The summed E-state index contributed by atoms with van der Waals surface area (Å²) in [7, 11) is -4.52. The molecule has 2 nitrogen and oxygen atoms in total. The normalized spacial score (nSPS) is 30.0. The summed E-state index contributed by atoms with van der Waals surface area (Å²) in [5, 5.41) is -3.68. The van der Waals surface area contributed by atoms with Crippen molar-refractivity contribution < 1.29 is 17.2 Å². The molecule has 0 radical (unpaired) electrons. The van der Waals surface area contributed by atoms with E-state index in [9.17, 15) is 17.2 Å². The minimum atomic E-state index is -4.52. The van der Waals surface area contributed by atoms with E-state index in [0.717, 1.165) is 38.5 Å². The van der Waals surface area contributed by atoms with Gasteiger partial charge in [-0.15, -0.1) is 0 Å². The fourth-order valence-corrected chi connectivity index (χ4v) is 7.07. The van der Waals surface area contributed by atoms with Gasteiger partial charge in [-0.2, -0.15) is 8.78 Å². The van der Waals surface area contributed by atoms with Gasteiger partial charge in [-0.25, -0.2) is 8.42 Å². The van der Waals surface area contributed by atoms with Crippen LogP contribution in [-0.4, -0.2) is 18.4 Å². The van der Waals surface area contributed by atoms with Crippen LogP contribution in [0, 0.1) is 11.3 Å². The van der Waals surface area contributed by atoms with Crippen LogP contribution in [0.5, 0.6) is 0 Å². The Morgan fingerprint density at radius 2 is 1.81 bits per heavy atom. The number of rotatable bonds is 6. The van der Waals surface area contributed by atoms with Gasteiger partial charge in [-0.05, 0) is 102 Å². The molecule has 0 aliphatic heterocycles. The zero-order valence-corrected chi connectivity index (χ0v) is 21.1. The molecular formula is C27H40F2O2S. The molecule has 3 rings (SSSR count). The number of sulfone groups is 1. The molecule has 0 amide bonds.